The Morgan fingerprint density at radius 1 is 1.26 bits per heavy atom. The fourth-order valence-electron chi connectivity index (χ4n) is 2.13. The SMILES string of the molecule is Cc1c(N)nc(C2CC2)nc1NCCCCC(C)C. The molecular formula is C15H26N4. The summed E-state index contributed by atoms with van der Waals surface area (Å²) in [6, 6.07) is 0. The van der Waals surface area contributed by atoms with Gasteiger partial charge < -0.3 is 11.1 Å². The molecule has 1 aromatic rings. The summed E-state index contributed by atoms with van der Waals surface area (Å²) in [5, 5.41) is 3.42. The number of unbranched alkanes of at least 4 members (excludes halogenated alkanes) is 1. The molecule has 4 heteroatoms. The Bertz CT molecular complexity index is 424. The zero-order valence-corrected chi connectivity index (χ0v) is 12.4. The first-order valence-corrected chi connectivity index (χ1v) is 7.45. The van der Waals surface area contributed by atoms with Crippen molar-refractivity contribution < 1.29 is 0 Å². The van der Waals surface area contributed by atoms with Crippen molar-refractivity contribution in [3.05, 3.63) is 11.4 Å². The van der Waals surface area contributed by atoms with E-state index < -0.39 is 0 Å². The largest absolute Gasteiger partial charge is 0.383 e. The first kappa shape index (κ1) is 14.1. The Morgan fingerprint density at radius 3 is 2.63 bits per heavy atom. The molecule has 2 rings (SSSR count). The number of nitrogens with two attached hydrogens (primary N) is 1. The van der Waals surface area contributed by atoms with E-state index in [-0.39, 0.29) is 0 Å². The summed E-state index contributed by atoms with van der Waals surface area (Å²) in [7, 11) is 0. The Morgan fingerprint density at radius 2 is 2.00 bits per heavy atom. The van der Waals surface area contributed by atoms with Gasteiger partial charge >= 0.3 is 0 Å². The molecule has 4 nitrogen and oxygen atoms in total. The van der Waals surface area contributed by atoms with E-state index in [4.69, 9.17) is 5.73 Å². The molecule has 1 heterocycles. The minimum absolute atomic E-state index is 0.546. The van der Waals surface area contributed by atoms with E-state index in [1.165, 1.54) is 32.1 Å². The maximum atomic E-state index is 5.97. The average molecular weight is 262 g/mol. The summed E-state index contributed by atoms with van der Waals surface area (Å²) in [5.74, 6) is 3.82. The number of anilines is 2. The molecule has 0 atom stereocenters. The quantitative estimate of drug-likeness (QED) is 0.738. The van der Waals surface area contributed by atoms with Crippen LogP contribution in [0.3, 0.4) is 0 Å². The highest BCUT2D eigenvalue weighted by Crippen LogP contribution is 2.39. The molecule has 1 aliphatic rings. The predicted octanol–water partition coefficient (Wildman–Crippen LogP) is 3.48. The van der Waals surface area contributed by atoms with Crippen LogP contribution in [0.5, 0.6) is 0 Å². The topological polar surface area (TPSA) is 63.8 Å². The molecule has 0 unspecified atom stereocenters. The molecule has 0 bridgehead atoms. The van der Waals surface area contributed by atoms with Crippen molar-refractivity contribution in [2.24, 2.45) is 5.92 Å². The lowest BCUT2D eigenvalue weighted by atomic mass is 10.1. The number of aromatic nitrogens is 2. The second-order valence-electron chi connectivity index (χ2n) is 6.03. The summed E-state index contributed by atoms with van der Waals surface area (Å²) in [5.41, 5.74) is 6.95. The highest BCUT2D eigenvalue weighted by atomic mass is 15.1. The standard InChI is InChI=1S/C15H26N4/c1-10(2)6-4-5-9-17-14-11(3)13(16)18-15(19-14)12-7-8-12/h10,12H,4-9H2,1-3H3,(H3,16,17,18,19). The van der Waals surface area contributed by atoms with Crippen LogP contribution in [0.15, 0.2) is 0 Å². The predicted molar refractivity (Wildman–Crippen MR) is 80.3 cm³/mol. The molecule has 0 saturated heterocycles. The molecule has 19 heavy (non-hydrogen) atoms. The number of rotatable bonds is 7. The Kier molecular flexibility index (Phi) is 4.61. The van der Waals surface area contributed by atoms with Crippen LogP contribution in [0.1, 0.15) is 63.3 Å². The van der Waals surface area contributed by atoms with Crippen LogP contribution >= 0.6 is 0 Å². The van der Waals surface area contributed by atoms with Crippen LogP contribution in [0.25, 0.3) is 0 Å². The Balaban J connectivity index is 1.88. The summed E-state index contributed by atoms with van der Waals surface area (Å²) in [6.07, 6.45) is 6.15. The summed E-state index contributed by atoms with van der Waals surface area (Å²) in [6.45, 7) is 7.49. The van der Waals surface area contributed by atoms with Crippen molar-refractivity contribution in [3.63, 3.8) is 0 Å². The third-order valence-electron chi connectivity index (χ3n) is 3.64. The summed E-state index contributed by atoms with van der Waals surface area (Å²) >= 11 is 0. The van der Waals surface area contributed by atoms with E-state index in [1.807, 2.05) is 6.92 Å². The molecule has 1 aromatic heterocycles. The second kappa shape index (κ2) is 6.22. The molecule has 3 N–H and O–H groups in total. The first-order valence-electron chi connectivity index (χ1n) is 7.45. The van der Waals surface area contributed by atoms with Gasteiger partial charge in [0.25, 0.3) is 0 Å². The minimum Gasteiger partial charge on any atom is -0.383 e. The lowest BCUT2D eigenvalue weighted by molar-refractivity contribution is 0.544. The van der Waals surface area contributed by atoms with Crippen LogP contribution in [0, 0.1) is 12.8 Å². The molecular weight excluding hydrogens is 236 g/mol. The zero-order valence-electron chi connectivity index (χ0n) is 12.4. The van der Waals surface area contributed by atoms with Crippen molar-refractivity contribution >= 4 is 11.6 Å². The van der Waals surface area contributed by atoms with E-state index in [0.717, 1.165) is 29.7 Å². The Hall–Kier alpha value is -1.32. The molecule has 0 radical (unpaired) electrons. The van der Waals surface area contributed by atoms with E-state index in [9.17, 15) is 0 Å². The van der Waals surface area contributed by atoms with Crippen molar-refractivity contribution in [2.75, 3.05) is 17.6 Å². The van der Waals surface area contributed by atoms with Crippen LogP contribution in [-0.2, 0) is 0 Å². The van der Waals surface area contributed by atoms with Crippen molar-refractivity contribution in [1.82, 2.24) is 9.97 Å². The molecule has 0 spiro atoms. The highest BCUT2D eigenvalue weighted by Gasteiger charge is 2.27. The lowest BCUT2D eigenvalue weighted by Gasteiger charge is -2.12. The van der Waals surface area contributed by atoms with Crippen LogP contribution in [-0.4, -0.2) is 16.5 Å². The average Bonchev–Trinajstić information content (AvgIpc) is 3.17. The molecule has 1 aliphatic carbocycles. The van der Waals surface area contributed by atoms with Gasteiger partial charge in [0.05, 0.1) is 0 Å². The smallest absolute Gasteiger partial charge is 0.136 e. The fraction of sp³-hybridized carbons (Fsp3) is 0.733. The minimum atomic E-state index is 0.546. The number of hydrogen-bond acceptors (Lipinski definition) is 4. The van der Waals surface area contributed by atoms with Gasteiger partial charge in [-0.25, -0.2) is 9.97 Å². The normalized spacial score (nSPS) is 14.9. The van der Waals surface area contributed by atoms with Gasteiger partial charge in [0.2, 0.25) is 0 Å². The molecule has 106 valence electrons. The first-order chi connectivity index (χ1) is 9.08. The Labute approximate surface area is 116 Å². The van der Waals surface area contributed by atoms with Crippen LogP contribution in [0.4, 0.5) is 11.6 Å². The van der Waals surface area contributed by atoms with Gasteiger partial charge in [0.15, 0.2) is 0 Å². The maximum absolute atomic E-state index is 5.97. The van der Waals surface area contributed by atoms with E-state index in [2.05, 4.69) is 29.1 Å². The van der Waals surface area contributed by atoms with Gasteiger partial charge in [-0.05, 0) is 32.1 Å². The molecule has 0 aliphatic heterocycles. The monoisotopic (exact) mass is 262 g/mol. The van der Waals surface area contributed by atoms with Gasteiger partial charge in [-0.15, -0.1) is 0 Å². The number of nitrogens with one attached hydrogen (secondary N) is 1. The second-order valence-corrected chi connectivity index (χ2v) is 6.03. The van der Waals surface area contributed by atoms with Crippen LogP contribution < -0.4 is 11.1 Å². The van der Waals surface area contributed by atoms with Crippen molar-refractivity contribution in [2.45, 2.75) is 58.8 Å². The fourth-order valence-corrected chi connectivity index (χ4v) is 2.13. The van der Waals surface area contributed by atoms with E-state index in [0.29, 0.717) is 11.7 Å². The third-order valence-corrected chi connectivity index (χ3v) is 3.64. The van der Waals surface area contributed by atoms with Crippen molar-refractivity contribution in [3.8, 4) is 0 Å². The highest BCUT2D eigenvalue weighted by molar-refractivity contribution is 5.55. The molecule has 1 fully saturated rings. The third kappa shape index (κ3) is 4.08. The van der Waals surface area contributed by atoms with Crippen molar-refractivity contribution in [1.29, 1.82) is 0 Å². The molecule has 1 saturated carbocycles. The number of nitrogens with zero attached hydrogens (tertiary/aromatic N) is 2. The van der Waals surface area contributed by atoms with E-state index in [1.54, 1.807) is 0 Å². The lowest BCUT2D eigenvalue weighted by Crippen LogP contribution is -2.10. The van der Waals surface area contributed by atoms with Gasteiger partial charge in [0, 0.05) is 18.0 Å². The summed E-state index contributed by atoms with van der Waals surface area (Å²) < 4.78 is 0. The van der Waals surface area contributed by atoms with E-state index >= 15 is 0 Å². The maximum Gasteiger partial charge on any atom is 0.136 e. The molecule has 0 aromatic carbocycles. The summed E-state index contributed by atoms with van der Waals surface area (Å²) in [4.78, 5) is 9.02. The van der Waals surface area contributed by atoms with Gasteiger partial charge in [-0.2, -0.15) is 0 Å². The van der Waals surface area contributed by atoms with Crippen LogP contribution in [0.2, 0.25) is 0 Å². The molecule has 0 amide bonds. The number of nitrogen functional groups attached to an aromatic ring is 1. The van der Waals surface area contributed by atoms with Gasteiger partial charge in [-0.1, -0.05) is 26.7 Å². The van der Waals surface area contributed by atoms with Gasteiger partial charge in [0.1, 0.15) is 17.5 Å². The van der Waals surface area contributed by atoms with Gasteiger partial charge in [-0.3, -0.25) is 0 Å². The number of hydrogen-bond donors (Lipinski definition) is 2. The zero-order chi connectivity index (χ0) is 13.8.